The molecule has 0 aliphatic heterocycles. The number of amides is 1. The molecule has 0 unspecified atom stereocenters. The molecule has 2 aromatic rings. The molecule has 0 spiro atoms. The van der Waals surface area contributed by atoms with Crippen LogP contribution in [0, 0.1) is 5.41 Å². The number of nitrogens with zero attached hydrogens (tertiary/aromatic N) is 1. The van der Waals surface area contributed by atoms with Crippen LogP contribution in [0.3, 0.4) is 0 Å². The number of benzene rings is 1. The number of aromatic nitrogens is 1. The molecule has 0 saturated carbocycles. The highest BCUT2D eigenvalue weighted by molar-refractivity contribution is 9.11. The Morgan fingerprint density at radius 2 is 2.00 bits per heavy atom. The first kappa shape index (κ1) is 14.3. The van der Waals surface area contributed by atoms with E-state index in [1.807, 2.05) is 20.8 Å². The summed E-state index contributed by atoms with van der Waals surface area (Å²) in [6, 6.07) is 1.84. The molecule has 0 radical (unpaired) electrons. The summed E-state index contributed by atoms with van der Waals surface area (Å²) in [5.41, 5.74) is 6.63. The predicted molar refractivity (Wildman–Crippen MR) is 81.9 cm³/mol. The second kappa shape index (κ2) is 4.79. The zero-order valence-electron chi connectivity index (χ0n) is 10.7. The lowest BCUT2D eigenvalue weighted by atomic mass is 9.95. The van der Waals surface area contributed by atoms with Crippen molar-refractivity contribution in [1.29, 1.82) is 0 Å². The van der Waals surface area contributed by atoms with Gasteiger partial charge in [-0.2, -0.15) is 4.98 Å². The molecule has 0 bridgehead atoms. The van der Waals surface area contributed by atoms with E-state index in [-0.39, 0.29) is 11.9 Å². The second-order valence-corrected chi connectivity index (χ2v) is 6.86. The zero-order chi connectivity index (χ0) is 14.4. The Morgan fingerprint density at radius 1 is 1.37 bits per heavy atom. The van der Waals surface area contributed by atoms with Gasteiger partial charge in [-0.3, -0.25) is 4.79 Å². The van der Waals surface area contributed by atoms with Gasteiger partial charge in [-0.15, -0.1) is 0 Å². The standard InChI is InChI=1S/C12H13Br2N3O2/c1-12(2,3)10(18)16-7-5(13)4-6(14)9-8(7)17-11(15)19-9/h4H,1-3H3,(H2,15,17)(H,16,18). The number of nitrogen functional groups attached to an aromatic ring is 1. The third kappa shape index (κ3) is 2.76. The van der Waals surface area contributed by atoms with Crippen molar-refractivity contribution in [3.8, 4) is 0 Å². The summed E-state index contributed by atoms with van der Waals surface area (Å²) >= 11 is 6.77. The number of rotatable bonds is 1. The molecular formula is C12H13Br2N3O2. The van der Waals surface area contributed by atoms with Gasteiger partial charge in [-0.25, -0.2) is 0 Å². The molecule has 1 aromatic carbocycles. The summed E-state index contributed by atoms with van der Waals surface area (Å²) < 4.78 is 6.73. The summed E-state index contributed by atoms with van der Waals surface area (Å²) in [6.07, 6.45) is 0. The Kier molecular flexibility index (Phi) is 3.61. The van der Waals surface area contributed by atoms with E-state index in [1.54, 1.807) is 6.07 Å². The molecule has 5 nitrogen and oxygen atoms in total. The average molecular weight is 391 g/mol. The summed E-state index contributed by atoms with van der Waals surface area (Å²) in [7, 11) is 0. The van der Waals surface area contributed by atoms with Crippen molar-refractivity contribution < 1.29 is 9.21 Å². The second-order valence-electron chi connectivity index (χ2n) is 5.15. The quantitative estimate of drug-likeness (QED) is 0.773. The molecule has 2 rings (SSSR count). The number of hydrogen-bond donors (Lipinski definition) is 2. The lowest BCUT2D eigenvalue weighted by Crippen LogP contribution is -2.27. The highest BCUT2D eigenvalue weighted by Crippen LogP contribution is 2.38. The first-order valence-electron chi connectivity index (χ1n) is 5.55. The average Bonchev–Trinajstić information content (AvgIpc) is 2.65. The molecule has 0 aliphatic rings. The first-order chi connectivity index (χ1) is 8.70. The van der Waals surface area contributed by atoms with Crippen LogP contribution < -0.4 is 11.1 Å². The van der Waals surface area contributed by atoms with Crippen LogP contribution in [0.1, 0.15) is 20.8 Å². The van der Waals surface area contributed by atoms with E-state index in [4.69, 9.17) is 10.2 Å². The van der Waals surface area contributed by atoms with E-state index >= 15 is 0 Å². The van der Waals surface area contributed by atoms with Crippen LogP contribution in [-0.2, 0) is 4.79 Å². The van der Waals surface area contributed by atoms with Crippen molar-refractivity contribution in [3.05, 3.63) is 15.0 Å². The Hall–Kier alpha value is -1.08. The predicted octanol–water partition coefficient (Wildman–Crippen LogP) is 3.92. The third-order valence-electron chi connectivity index (χ3n) is 2.51. The molecule has 1 aromatic heterocycles. The summed E-state index contributed by atoms with van der Waals surface area (Å²) in [6.45, 7) is 5.51. The molecule has 1 heterocycles. The Labute approximate surface area is 127 Å². The minimum atomic E-state index is -0.506. The number of oxazole rings is 1. The first-order valence-corrected chi connectivity index (χ1v) is 7.14. The van der Waals surface area contributed by atoms with Crippen molar-refractivity contribution in [2.45, 2.75) is 20.8 Å². The van der Waals surface area contributed by atoms with Crippen molar-refractivity contribution in [1.82, 2.24) is 4.98 Å². The largest absolute Gasteiger partial charge is 0.422 e. The summed E-state index contributed by atoms with van der Waals surface area (Å²) in [5, 5.41) is 2.85. The Balaban J connectivity index is 2.57. The van der Waals surface area contributed by atoms with E-state index in [0.717, 1.165) is 0 Å². The Morgan fingerprint density at radius 3 is 2.58 bits per heavy atom. The smallest absolute Gasteiger partial charge is 0.293 e. The minimum Gasteiger partial charge on any atom is -0.422 e. The number of nitrogens with two attached hydrogens (primary N) is 1. The molecular weight excluding hydrogens is 378 g/mol. The summed E-state index contributed by atoms with van der Waals surface area (Å²) in [4.78, 5) is 16.2. The molecule has 0 aliphatic carbocycles. The van der Waals surface area contributed by atoms with Gasteiger partial charge in [-0.05, 0) is 37.9 Å². The number of fused-ring (bicyclic) bond motifs is 1. The molecule has 102 valence electrons. The van der Waals surface area contributed by atoms with E-state index < -0.39 is 5.41 Å². The highest BCUT2D eigenvalue weighted by Gasteiger charge is 2.24. The third-order valence-corrected chi connectivity index (χ3v) is 3.72. The van der Waals surface area contributed by atoms with Crippen LogP contribution in [-0.4, -0.2) is 10.9 Å². The highest BCUT2D eigenvalue weighted by atomic mass is 79.9. The fourth-order valence-corrected chi connectivity index (χ4v) is 2.77. The van der Waals surface area contributed by atoms with Gasteiger partial charge in [-0.1, -0.05) is 20.8 Å². The van der Waals surface area contributed by atoms with Crippen LogP contribution in [0.15, 0.2) is 19.4 Å². The van der Waals surface area contributed by atoms with Crippen molar-refractivity contribution >= 4 is 60.6 Å². The number of nitrogens with one attached hydrogen (secondary N) is 1. The lowest BCUT2D eigenvalue weighted by molar-refractivity contribution is -0.123. The minimum absolute atomic E-state index is 0.0556. The zero-order valence-corrected chi connectivity index (χ0v) is 13.8. The van der Waals surface area contributed by atoms with Crippen LogP contribution in [0.5, 0.6) is 0 Å². The van der Waals surface area contributed by atoms with Crippen molar-refractivity contribution in [2.75, 3.05) is 11.1 Å². The van der Waals surface area contributed by atoms with Gasteiger partial charge >= 0.3 is 0 Å². The maximum Gasteiger partial charge on any atom is 0.293 e. The number of halogens is 2. The molecule has 0 fully saturated rings. The monoisotopic (exact) mass is 389 g/mol. The summed E-state index contributed by atoms with van der Waals surface area (Å²) in [5.74, 6) is -0.113. The van der Waals surface area contributed by atoms with Gasteiger partial charge in [0.15, 0.2) is 5.58 Å². The van der Waals surface area contributed by atoms with Crippen LogP contribution >= 0.6 is 31.9 Å². The Bertz CT molecular complexity index is 659. The SMILES string of the molecule is CC(C)(C)C(=O)Nc1c(Br)cc(Br)c2oc(N)nc12. The van der Waals surface area contributed by atoms with Gasteiger partial charge in [0.1, 0.15) is 5.52 Å². The van der Waals surface area contributed by atoms with Gasteiger partial charge in [0.2, 0.25) is 5.91 Å². The van der Waals surface area contributed by atoms with Crippen LogP contribution in [0.25, 0.3) is 11.1 Å². The van der Waals surface area contributed by atoms with E-state index in [0.29, 0.717) is 25.7 Å². The molecule has 3 N–H and O–H groups in total. The van der Waals surface area contributed by atoms with Gasteiger partial charge < -0.3 is 15.5 Å². The fraction of sp³-hybridized carbons (Fsp3) is 0.333. The maximum absolute atomic E-state index is 12.1. The molecule has 1 amide bonds. The molecule has 0 saturated heterocycles. The van der Waals surface area contributed by atoms with E-state index in [2.05, 4.69) is 42.2 Å². The number of carbonyl (C=O) groups excluding carboxylic acids is 1. The lowest BCUT2D eigenvalue weighted by Gasteiger charge is -2.18. The number of hydrogen-bond acceptors (Lipinski definition) is 4. The van der Waals surface area contributed by atoms with Crippen LogP contribution in [0.2, 0.25) is 0 Å². The molecule has 0 atom stereocenters. The van der Waals surface area contributed by atoms with Crippen molar-refractivity contribution in [2.24, 2.45) is 5.41 Å². The normalized spacial score (nSPS) is 11.8. The van der Waals surface area contributed by atoms with E-state index in [1.165, 1.54) is 0 Å². The molecule has 19 heavy (non-hydrogen) atoms. The number of carbonyl (C=O) groups is 1. The topological polar surface area (TPSA) is 81.2 Å². The van der Waals surface area contributed by atoms with Gasteiger partial charge in [0.25, 0.3) is 6.01 Å². The maximum atomic E-state index is 12.1. The number of anilines is 2. The fourth-order valence-electron chi connectivity index (χ4n) is 1.45. The van der Waals surface area contributed by atoms with E-state index in [9.17, 15) is 4.79 Å². The molecule has 7 heteroatoms. The van der Waals surface area contributed by atoms with Gasteiger partial charge in [0, 0.05) is 9.89 Å². The van der Waals surface area contributed by atoms with Gasteiger partial charge in [0.05, 0.1) is 10.2 Å². The van der Waals surface area contributed by atoms with Crippen molar-refractivity contribution in [3.63, 3.8) is 0 Å². The van der Waals surface area contributed by atoms with Crippen LogP contribution in [0.4, 0.5) is 11.7 Å².